The van der Waals surface area contributed by atoms with E-state index in [1.54, 1.807) is 11.4 Å². The molecular formula is C9H5Cl2NO3S. The number of nitro groups is 1. The molecule has 0 aliphatic carbocycles. The van der Waals surface area contributed by atoms with Crippen LogP contribution in [0.25, 0.3) is 0 Å². The number of hydrogen-bond donors (Lipinski definition) is 0. The number of rotatable bonds is 3. The maximum atomic E-state index is 10.4. The van der Waals surface area contributed by atoms with Gasteiger partial charge in [-0.2, -0.15) is 0 Å². The van der Waals surface area contributed by atoms with E-state index in [4.69, 9.17) is 27.6 Å². The van der Waals surface area contributed by atoms with Gasteiger partial charge in [0.05, 0.1) is 11.1 Å². The zero-order valence-corrected chi connectivity index (χ0v) is 10.1. The van der Waals surface area contributed by atoms with Gasteiger partial charge in [-0.25, -0.2) is 0 Å². The maximum Gasteiger partial charge on any atom is 0.433 e. The van der Waals surface area contributed by atoms with E-state index in [0.717, 1.165) is 0 Å². The summed E-state index contributed by atoms with van der Waals surface area (Å²) in [7, 11) is 0. The van der Waals surface area contributed by atoms with Crippen LogP contribution in [0.3, 0.4) is 0 Å². The fourth-order valence-corrected chi connectivity index (χ4v) is 2.78. The smallest absolute Gasteiger partial charge is 0.404 e. The standard InChI is InChI=1S/C9H5Cl2NO3S/c10-5-3-4-16-9(5)8(11)6-1-2-7(15-6)12(13)14/h1-4,8H. The minimum absolute atomic E-state index is 0.317. The number of hydrogen-bond acceptors (Lipinski definition) is 4. The Labute approximate surface area is 105 Å². The zero-order valence-electron chi connectivity index (χ0n) is 7.72. The summed E-state index contributed by atoms with van der Waals surface area (Å²) in [4.78, 5) is 10.5. The fraction of sp³-hybridized carbons (Fsp3) is 0.111. The van der Waals surface area contributed by atoms with Crippen molar-refractivity contribution in [1.29, 1.82) is 0 Å². The summed E-state index contributed by atoms with van der Waals surface area (Å²) in [5.41, 5.74) is 0. The molecule has 1 unspecified atom stereocenters. The van der Waals surface area contributed by atoms with Crippen molar-refractivity contribution >= 4 is 40.4 Å². The molecule has 0 amide bonds. The van der Waals surface area contributed by atoms with E-state index in [-0.39, 0.29) is 5.88 Å². The van der Waals surface area contributed by atoms with Crippen molar-refractivity contribution in [3.05, 3.63) is 49.4 Å². The van der Waals surface area contributed by atoms with Crippen LogP contribution in [0.15, 0.2) is 28.0 Å². The minimum atomic E-state index is -0.608. The molecule has 4 nitrogen and oxygen atoms in total. The Morgan fingerprint density at radius 3 is 2.69 bits per heavy atom. The Morgan fingerprint density at radius 1 is 1.44 bits per heavy atom. The molecule has 2 rings (SSSR count). The molecular weight excluding hydrogens is 273 g/mol. The summed E-state index contributed by atoms with van der Waals surface area (Å²) in [5.74, 6) is -0.00829. The van der Waals surface area contributed by atoms with Gasteiger partial charge in [-0.1, -0.05) is 11.6 Å². The number of alkyl halides is 1. The normalized spacial score (nSPS) is 12.6. The first kappa shape index (κ1) is 11.4. The lowest BCUT2D eigenvalue weighted by molar-refractivity contribution is -0.402. The van der Waals surface area contributed by atoms with Crippen molar-refractivity contribution in [1.82, 2.24) is 0 Å². The molecule has 0 bridgehead atoms. The number of nitrogens with zero attached hydrogens (tertiary/aromatic N) is 1. The van der Waals surface area contributed by atoms with Gasteiger partial charge in [-0.05, 0) is 17.5 Å². The zero-order chi connectivity index (χ0) is 11.7. The molecule has 0 aliphatic heterocycles. The van der Waals surface area contributed by atoms with Crippen LogP contribution < -0.4 is 0 Å². The highest BCUT2D eigenvalue weighted by molar-refractivity contribution is 7.11. The van der Waals surface area contributed by atoms with Crippen molar-refractivity contribution in [3.63, 3.8) is 0 Å². The number of furan rings is 1. The SMILES string of the molecule is O=[N+]([O-])c1ccc(C(Cl)c2sccc2Cl)o1. The Kier molecular flexibility index (Phi) is 3.18. The van der Waals surface area contributed by atoms with Gasteiger partial charge in [0.15, 0.2) is 0 Å². The second-order valence-corrected chi connectivity index (χ2v) is 4.72. The number of halogens is 2. The van der Waals surface area contributed by atoms with Gasteiger partial charge >= 0.3 is 5.88 Å². The van der Waals surface area contributed by atoms with Gasteiger partial charge < -0.3 is 4.42 Å². The second kappa shape index (κ2) is 4.45. The molecule has 0 saturated carbocycles. The molecule has 16 heavy (non-hydrogen) atoms. The van der Waals surface area contributed by atoms with Crippen LogP contribution in [-0.2, 0) is 0 Å². The lowest BCUT2D eigenvalue weighted by atomic mass is 10.3. The van der Waals surface area contributed by atoms with Gasteiger partial charge in [0.1, 0.15) is 16.1 Å². The summed E-state index contributed by atoms with van der Waals surface area (Å²) in [5, 5.41) is 12.2. The molecule has 2 aromatic heterocycles. The van der Waals surface area contributed by atoms with Crippen molar-refractivity contribution < 1.29 is 9.34 Å². The van der Waals surface area contributed by atoms with Crippen molar-refractivity contribution in [2.24, 2.45) is 0 Å². The van der Waals surface area contributed by atoms with E-state index in [0.29, 0.717) is 15.7 Å². The molecule has 0 radical (unpaired) electrons. The van der Waals surface area contributed by atoms with Gasteiger partial charge in [0.25, 0.3) is 0 Å². The summed E-state index contributed by atoms with van der Waals surface area (Å²) in [6, 6.07) is 4.46. The highest BCUT2D eigenvalue weighted by atomic mass is 35.5. The first-order valence-corrected chi connectivity index (χ1v) is 5.90. The lowest BCUT2D eigenvalue weighted by Crippen LogP contribution is -1.88. The van der Waals surface area contributed by atoms with Crippen LogP contribution in [-0.4, -0.2) is 4.92 Å². The molecule has 0 fully saturated rings. The molecule has 0 aromatic carbocycles. The molecule has 0 spiro atoms. The third-order valence-electron chi connectivity index (χ3n) is 1.92. The molecule has 2 heterocycles. The van der Waals surface area contributed by atoms with Crippen LogP contribution in [0.2, 0.25) is 5.02 Å². The number of thiophene rings is 1. The van der Waals surface area contributed by atoms with E-state index in [1.165, 1.54) is 23.5 Å². The molecule has 7 heteroatoms. The highest BCUT2D eigenvalue weighted by Gasteiger charge is 2.22. The van der Waals surface area contributed by atoms with E-state index in [9.17, 15) is 10.1 Å². The summed E-state index contributed by atoms with van der Waals surface area (Å²) >= 11 is 13.4. The van der Waals surface area contributed by atoms with Crippen LogP contribution in [0.5, 0.6) is 0 Å². The third kappa shape index (κ3) is 2.07. The Morgan fingerprint density at radius 2 is 2.19 bits per heavy atom. The molecule has 0 aliphatic rings. The fourth-order valence-electron chi connectivity index (χ4n) is 1.19. The topological polar surface area (TPSA) is 56.3 Å². The monoisotopic (exact) mass is 277 g/mol. The molecule has 2 aromatic rings. The van der Waals surface area contributed by atoms with E-state index < -0.39 is 10.3 Å². The van der Waals surface area contributed by atoms with Crippen LogP contribution in [0.1, 0.15) is 16.0 Å². The Hall–Kier alpha value is -1.04. The average Bonchev–Trinajstić information content (AvgIpc) is 2.84. The van der Waals surface area contributed by atoms with Gasteiger partial charge in [-0.15, -0.1) is 22.9 Å². The molecule has 0 N–H and O–H groups in total. The maximum absolute atomic E-state index is 10.4. The summed E-state index contributed by atoms with van der Waals surface area (Å²) in [6.07, 6.45) is 0. The van der Waals surface area contributed by atoms with Crippen molar-refractivity contribution in [2.45, 2.75) is 5.38 Å². The minimum Gasteiger partial charge on any atom is -0.404 e. The van der Waals surface area contributed by atoms with Gasteiger partial charge in [-0.3, -0.25) is 10.1 Å². The quantitative estimate of drug-likeness (QED) is 0.479. The van der Waals surface area contributed by atoms with E-state index >= 15 is 0 Å². The van der Waals surface area contributed by atoms with Crippen molar-refractivity contribution in [3.8, 4) is 0 Å². The molecule has 1 atom stereocenters. The summed E-state index contributed by atoms with van der Waals surface area (Å²) in [6.45, 7) is 0. The average molecular weight is 278 g/mol. The van der Waals surface area contributed by atoms with Crippen LogP contribution in [0, 0.1) is 10.1 Å². The molecule has 0 saturated heterocycles. The predicted octanol–water partition coefficient (Wildman–Crippen LogP) is 4.23. The van der Waals surface area contributed by atoms with Crippen LogP contribution in [0.4, 0.5) is 5.88 Å². The van der Waals surface area contributed by atoms with Crippen LogP contribution >= 0.6 is 34.5 Å². The highest BCUT2D eigenvalue weighted by Crippen LogP contribution is 2.38. The Bertz CT molecular complexity index is 522. The first-order valence-electron chi connectivity index (χ1n) is 4.20. The largest absolute Gasteiger partial charge is 0.433 e. The van der Waals surface area contributed by atoms with E-state index in [2.05, 4.69) is 0 Å². The van der Waals surface area contributed by atoms with Gasteiger partial charge in [0.2, 0.25) is 0 Å². The van der Waals surface area contributed by atoms with E-state index in [1.807, 2.05) is 0 Å². The Balaban J connectivity index is 2.31. The molecule has 84 valence electrons. The first-order chi connectivity index (χ1) is 7.59. The predicted molar refractivity (Wildman–Crippen MR) is 62.4 cm³/mol. The second-order valence-electron chi connectivity index (χ2n) is 2.93. The third-order valence-corrected chi connectivity index (χ3v) is 3.90. The lowest BCUT2D eigenvalue weighted by Gasteiger charge is -2.03. The van der Waals surface area contributed by atoms with Gasteiger partial charge in [0, 0.05) is 4.88 Å². The van der Waals surface area contributed by atoms with Crippen molar-refractivity contribution in [2.75, 3.05) is 0 Å². The summed E-state index contributed by atoms with van der Waals surface area (Å²) < 4.78 is 5.00.